The zero-order valence-corrected chi connectivity index (χ0v) is 12.9. The van der Waals surface area contributed by atoms with Crippen molar-refractivity contribution in [3.63, 3.8) is 0 Å². The Hall–Kier alpha value is -1.46. The summed E-state index contributed by atoms with van der Waals surface area (Å²) in [5, 5.41) is 0. The molecule has 2 rings (SSSR count). The minimum absolute atomic E-state index is 0.267. The van der Waals surface area contributed by atoms with E-state index < -0.39 is 0 Å². The fourth-order valence-electron chi connectivity index (χ4n) is 1.98. The van der Waals surface area contributed by atoms with Gasteiger partial charge >= 0.3 is 0 Å². The largest absolute Gasteiger partial charge is 0.372 e. The highest BCUT2D eigenvalue weighted by Crippen LogP contribution is 2.28. The lowest BCUT2D eigenvalue weighted by molar-refractivity contribution is 0.612. The van der Waals surface area contributed by atoms with Crippen molar-refractivity contribution in [3.8, 4) is 0 Å². The highest BCUT2D eigenvalue weighted by Gasteiger charge is 2.13. The fraction of sp³-hybridized carbons (Fsp3) is 0.267. The monoisotopic (exact) mass is 337 g/mol. The third kappa shape index (κ3) is 3.35. The van der Waals surface area contributed by atoms with Gasteiger partial charge in [0.15, 0.2) is 5.82 Å². The maximum absolute atomic E-state index is 14.3. The van der Waals surface area contributed by atoms with Crippen LogP contribution in [0.2, 0.25) is 0 Å². The van der Waals surface area contributed by atoms with Crippen LogP contribution in [0.3, 0.4) is 0 Å². The molecule has 0 atom stereocenters. The molecule has 1 aromatic carbocycles. The summed E-state index contributed by atoms with van der Waals surface area (Å²) in [6.45, 7) is 1.01. The van der Waals surface area contributed by atoms with Crippen molar-refractivity contribution in [2.75, 3.05) is 18.5 Å². The van der Waals surface area contributed by atoms with Crippen LogP contribution in [-0.4, -0.2) is 18.6 Å². The van der Waals surface area contributed by atoms with E-state index in [1.807, 2.05) is 36.2 Å². The number of nitrogens with zero attached hydrogens (tertiary/aromatic N) is 2. The normalized spacial score (nSPS) is 10.6. The van der Waals surface area contributed by atoms with E-state index in [0.29, 0.717) is 23.2 Å². The first-order valence-corrected chi connectivity index (χ1v) is 7.20. The molecule has 0 radical (unpaired) electrons. The van der Waals surface area contributed by atoms with Gasteiger partial charge in [-0.3, -0.25) is 4.98 Å². The molecule has 106 valence electrons. The number of rotatable bonds is 5. The number of anilines is 1. The zero-order valence-electron chi connectivity index (χ0n) is 11.3. The molecule has 0 aliphatic rings. The second-order valence-electron chi connectivity index (χ2n) is 4.57. The van der Waals surface area contributed by atoms with Crippen molar-refractivity contribution >= 4 is 21.6 Å². The van der Waals surface area contributed by atoms with Crippen LogP contribution < -0.4 is 10.6 Å². The second kappa shape index (κ2) is 6.81. The van der Waals surface area contributed by atoms with Crippen LogP contribution >= 0.6 is 15.9 Å². The summed E-state index contributed by atoms with van der Waals surface area (Å²) < 4.78 is 14.7. The number of pyridine rings is 1. The number of halogens is 2. The van der Waals surface area contributed by atoms with Gasteiger partial charge in [-0.05, 0) is 39.7 Å². The first-order chi connectivity index (χ1) is 9.63. The topological polar surface area (TPSA) is 42.2 Å². The minimum atomic E-state index is -0.267. The molecule has 2 N–H and O–H groups in total. The third-order valence-electron chi connectivity index (χ3n) is 3.20. The van der Waals surface area contributed by atoms with Crippen LogP contribution in [0.25, 0.3) is 0 Å². The van der Waals surface area contributed by atoms with Gasteiger partial charge in [0.1, 0.15) is 0 Å². The zero-order chi connectivity index (χ0) is 14.5. The number of hydrogen-bond acceptors (Lipinski definition) is 3. The second-order valence-corrected chi connectivity index (χ2v) is 5.36. The van der Waals surface area contributed by atoms with Gasteiger partial charge in [0, 0.05) is 38.4 Å². The van der Waals surface area contributed by atoms with Gasteiger partial charge in [-0.15, -0.1) is 0 Å². The highest BCUT2D eigenvalue weighted by atomic mass is 79.9. The minimum Gasteiger partial charge on any atom is -0.372 e. The first-order valence-electron chi connectivity index (χ1n) is 6.41. The molecule has 0 spiro atoms. The third-order valence-corrected chi connectivity index (χ3v) is 4.06. The molecule has 0 saturated carbocycles. The summed E-state index contributed by atoms with van der Waals surface area (Å²) >= 11 is 3.26. The van der Waals surface area contributed by atoms with Gasteiger partial charge < -0.3 is 10.6 Å². The lowest BCUT2D eigenvalue weighted by atomic mass is 10.1. The van der Waals surface area contributed by atoms with Crippen LogP contribution in [0, 0.1) is 5.82 Å². The summed E-state index contributed by atoms with van der Waals surface area (Å²) in [5.74, 6) is -0.267. The molecule has 1 aromatic heterocycles. The van der Waals surface area contributed by atoms with Gasteiger partial charge in [-0.2, -0.15) is 0 Å². The van der Waals surface area contributed by atoms with Crippen LogP contribution in [0.1, 0.15) is 11.3 Å². The number of likely N-dealkylation sites (N-methyl/N-ethyl adjacent to an activating group) is 1. The standard InChI is InChI=1S/C15H17BrFN3/c1-20(9-7-12-4-2-3-8-19-12)13-6-5-11(10-18)14(16)15(13)17/h2-6,8H,7,9-10,18H2,1H3. The van der Waals surface area contributed by atoms with Gasteiger partial charge in [0.05, 0.1) is 10.2 Å². The van der Waals surface area contributed by atoms with E-state index in [1.165, 1.54) is 0 Å². The molecule has 1 heterocycles. The molecule has 0 unspecified atom stereocenters. The fourth-order valence-corrected chi connectivity index (χ4v) is 2.48. The van der Waals surface area contributed by atoms with E-state index in [4.69, 9.17) is 5.73 Å². The van der Waals surface area contributed by atoms with Gasteiger partial charge in [0.2, 0.25) is 0 Å². The molecular formula is C15H17BrFN3. The molecule has 0 fully saturated rings. The Labute approximate surface area is 126 Å². The van der Waals surface area contributed by atoms with Crippen LogP contribution in [0.5, 0.6) is 0 Å². The van der Waals surface area contributed by atoms with Crippen LogP contribution in [0.4, 0.5) is 10.1 Å². The van der Waals surface area contributed by atoms with E-state index in [2.05, 4.69) is 20.9 Å². The number of hydrogen-bond donors (Lipinski definition) is 1. The molecule has 20 heavy (non-hydrogen) atoms. The molecule has 0 aliphatic carbocycles. The summed E-state index contributed by atoms with van der Waals surface area (Å²) in [4.78, 5) is 6.15. The Balaban J connectivity index is 2.10. The quantitative estimate of drug-likeness (QED) is 0.911. The van der Waals surface area contributed by atoms with Crippen molar-refractivity contribution < 1.29 is 4.39 Å². The molecule has 0 aliphatic heterocycles. The average Bonchev–Trinajstić information content (AvgIpc) is 2.48. The average molecular weight is 338 g/mol. The van der Waals surface area contributed by atoms with E-state index in [9.17, 15) is 4.39 Å². The van der Waals surface area contributed by atoms with E-state index in [0.717, 1.165) is 17.7 Å². The van der Waals surface area contributed by atoms with Gasteiger partial charge in [-0.25, -0.2) is 4.39 Å². The summed E-state index contributed by atoms with van der Waals surface area (Å²) in [7, 11) is 1.87. The highest BCUT2D eigenvalue weighted by molar-refractivity contribution is 9.10. The lowest BCUT2D eigenvalue weighted by Crippen LogP contribution is -2.22. The summed E-state index contributed by atoms with van der Waals surface area (Å²) in [6, 6.07) is 9.42. The maximum atomic E-state index is 14.3. The molecule has 0 bridgehead atoms. The molecule has 3 nitrogen and oxygen atoms in total. The van der Waals surface area contributed by atoms with Gasteiger partial charge in [-0.1, -0.05) is 12.1 Å². The molecular weight excluding hydrogens is 321 g/mol. The predicted molar refractivity (Wildman–Crippen MR) is 83.2 cm³/mol. The number of nitrogens with two attached hydrogens (primary N) is 1. The Morgan fingerprint density at radius 3 is 2.75 bits per heavy atom. The van der Waals surface area contributed by atoms with Crippen LogP contribution in [0.15, 0.2) is 41.0 Å². The van der Waals surface area contributed by atoms with Crippen molar-refractivity contribution in [2.24, 2.45) is 5.73 Å². The van der Waals surface area contributed by atoms with Gasteiger partial charge in [0.25, 0.3) is 0 Å². The van der Waals surface area contributed by atoms with E-state index in [1.54, 1.807) is 12.3 Å². The molecule has 5 heteroatoms. The van der Waals surface area contributed by atoms with Crippen molar-refractivity contribution in [2.45, 2.75) is 13.0 Å². The number of aromatic nitrogens is 1. The Kier molecular flexibility index (Phi) is 5.09. The lowest BCUT2D eigenvalue weighted by Gasteiger charge is -2.21. The Bertz CT molecular complexity index is 575. The first kappa shape index (κ1) is 14.9. The van der Waals surface area contributed by atoms with Crippen molar-refractivity contribution in [3.05, 3.63) is 58.1 Å². The van der Waals surface area contributed by atoms with Crippen LogP contribution in [-0.2, 0) is 13.0 Å². The Morgan fingerprint density at radius 2 is 2.10 bits per heavy atom. The van der Waals surface area contributed by atoms with E-state index in [-0.39, 0.29) is 5.82 Å². The Morgan fingerprint density at radius 1 is 1.30 bits per heavy atom. The van der Waals surface area contributed by atoms with Crippen molar-refractivity contribution in [1.29, 1.82) is 0 Å². The maximum Gasteiger partial charge on any atom is 0.160 e. The number of benzene rings is 1. The summed E-state index contributed by atoms with van der Waals surface area (Å²) in [6.07, 6.45) is 2.54. The predicted octanol–water partition coefficient (Wildman–Crippen LogP) is 3.12. The molecule has 0 amide bonds. The van der Waals surface area contributed by atoms with E-state index >= 15 is 0 Å². The molecule has 0 saturated heterocycles. The smallest absolute Gasteiger partial charge is 0.160 e. The van der Waals surface area contributed by atoms with Crippen molar-refractivity contribution in [1.82, 2.24) is 4.98 Å². The molecule has 2 aromatic rings. The SMILES string of the molecule is CN(CCc1ccccn1)c1ccc(CN)c(Br)c1F. The summed E-state index contributed by atoms with van der Waals surface area (Å²) in [5.41, 5.74) is 7.89.